The van der Waals surface area contributed by atoms with Crippen molar-refractivity contribution in [2.75, 3.05) is 62.7 Å². The van der Waals surface area contributed by atoms with E-state index in [2.05, 4.69) is 43.7 Å². The highest BCUT2D eigenvalue weighted by molar-refractivity contribution is 8.13. The fourth-order valence-corrected chi connectivity index (χ4v) is 11.9. The predicted molar refractivity (Wildman–Crippen MR) is 245 cm³/mol. The number of carbonyl (C=O) groups excluding carboxylic acids is 1. The van der Waals surface area contributed by atoms with Gasteiger partial charge >= 0.3 is 6.18 Å². The Morgan fingerprint density at radius 1 is 1.08 bits per heavy atom. The molecule has 4 aromatic rings. The number of nitro groups is 1. The number of amides is 1. The van der Waals surface area contributed by atoms with Gasteiger partial charge in [-0.25, -0.2) is 4.98 Å². The van der Waals surface area contributed by atoms with Gasteiger partial charge in [0.1, 0.15) is 22.8 Å². The zero-order valence-electron chi connectivity index (χ0n) is 36.7. The Bertz CT molecular complexity index is 2460. The molecule has 3 aliphatic carbocycles. The number of carbonyl (C=O) groups is 1. The number of aromatic amines is 1. The second-order valence-corrected chi connectivity index (χ2v) is 20.9. The minimum absolute atomic E-state index is 0.0504. The van der Waals surface area contributed by atoms with Crippen LogP contribution >= 0.6 is 10.7 Å². The van der Waals surface area contributed by atoms with Crippen molar-refractivity contribution < 1.29 is 32.4 Å². The molecule has 1 amide bonds. The molecule has 64 heavy (non-hydrogen) atoms. The van der Waals surface area contributed by atoms with Crippen molar-refractivity contribution in [2.24, 2.45) is 35.0 Å². The maximum Gasteiger partial charge on any atom is 0.392 e. The fourth-order valence-electron chi connectivity index (χ4n) is 10.6. The number of pyridine rings is 1. The molecule has 12 nitrogen and oxygen atoms in total. The fraction of sp³-hybridized carbons (Fsp3) is 0.521. The van der Waals surface area contributed by atoms with E-state index in [1.165, 1.54) is 17.2 Å². The number of nitrogens with zero attached hydrogens (tertiary/aromatic N) is 4. The summed E-state index contributed by atoms with van der Waals surface area (Å²) in [6.45, 7) is 12.2. The summed E-state index contributed by atoms with van der Waals surface area (Å²) in [6.07, 6.45) is 4.92. The number of nitro benzene ring substituents is 1. The third kappa shape index (κ3) is 9.69. The maximum absolute atomic E-state index is 14.2. The number of nitrogens with one attached hydrogen (secondary N) is 3. The van der Waals surface area contributed by atoms with Crippen LogP contribution in [0.4, 0.5) is 30.2 Å². The standard InChI is InChI=1S/C48H58F3N7O5S/c1-4-64(35-6-8-42(43(23-35)58(60)61)53-27-30-11-19-62-20-12-30)55-46(59)36-7-5-33(22-44(36)63-34-21-31-10-14-52-45(31)54-28-34)57-17-15-56(16-18-57)29-32-9-13-47(2,3)26-40(32)38-25-41(48(49,50)51)39-24-37(38)39/h4-8,10,14,21-23,28,30,37-39,41,53H,9,11-13,15-20,24-27,29H2,1-3H3,(H,52,54)(H,55,59)/t37?,38-,39?,41+,64?/m1/s1. The molecule has 16 heteroatoms. The molecule has 4 fully saturated rings. The van der Waals surface area contributed by atoms with Crippen LogP contribution in [0.5, 0.6) is 11.5 Å². The van der Waals surface area contributed by atoms with Crippen LogP contribution in [0.3, 0.4) is 0 Å². The molecule has 2 saturated carbocycles. The summed E-state index contributed by atoms with van der Waals surface area (Å²) in [5.41, 5.74) is 5.07. The van der Waals surface area contributed by atoms with E-state index >= 15 is 0 Å². The Kier molecular flexibility index (Phi) is 12.6. The van der Waals surface area contributed by atoms with E-state index in [0.717, 1.165) is 75.9 Å². The molecule has 2 saturated heterocycles. The lowest BCUT2D eigenvalue weighted by atomic mass is 9.69. The second-order valence-electron chi connectivity index (χ2n) is 19.0. The topological polar surface area (TPSA) is 138 Å². The van der Waals surface area contributed by atoms with Crippen LogP contribution in [0.2, 0.25) is 0 Å². The van der Waals surface area contributed by atoms with Crippen molar-refractivity contribution in [1.29, 1.82) is 0 Å². The Labute approximate surface area is 374 Å². The van der Waals surface area contributed by atoms with Gasteiger partial charge in [0.15, 0.2) is 0 Å². The van der Waals surface area contributed by atoms with E-state index in [1.807, 2.05) is 42.6 Å². The molecule has 5 atom stereocenters. The third-order valence-electron chi connectivity index (χ3n) is 14.3. The zero-order valence-corrected chi connectivity index (χ0v) is 37.5. The van der Waals surface area contributed by atoms with Gasteiger partial charge in [-0.05, 0) is 123 Å². The van der Waals surface area contributed by atoms with Crippen LogP contribution in [0.25, 0.3) is 11.0 Å². The van der Waals surface area contributed by atoms with E-state index in [4.69, 9.17) is 9.47 Å². The highest BCUT2D eigenvalue weighted by Gasteiger charge is 2.63. The molecule has 9 rings (SSSR count). The molecule has 0 bridgehead atoms. The highest BCUT2D eigenvalue weighted by Crippen LogP contribution is 2.66. The lowest BCUT2D eigenvalue weighted by Crippen LogP contribution is -2.47. The van der Waals surface area contributed by atoms with Crippen molar-refractivity contribution in [3.8, 4) is 11.5 Å². The number of fused-ring (bicyclic) bond motifs is 2. The SMILES string of the molecule is CC=S(NC(=O)c1ccc(N2CCN(CC3=C([C@@H]4C[C@H](C(F)(F)F)C5CC54)CC(C)(C)CC3)CC2)cc1Oc1cnc2[nH]ccc2c1)c1ccc(NCC2CCOCC2)c([N+](=O)[O-])c1. The maximum atomic E-state index is 14.2. The van der Waals surface area contributed by atoms with E-state index in [0.29, 0.717) is 65.4 Å². The molecule has 342 valence electrons. The number of rotatable bonds is 13. The van der Waals surface area contributed by atoms with Crippen LogP contribution in [-0.4, -0.2) is 89.7 Å². The van der Waals surface area contributed by atoms with Crippen molar-refractivity contribution in [3.63, 3.8) is 0 Å². The first-order valence-corrected chi connectivity index (χ1v) is 24.0. The number of hydrogen-bond acceptors (Lipinski definition) is 9. The van der Waals surface area contributed by atoms with Crippen molar-refractivity contribution in [3.05, 3.63) is 87.7 Å². The average molecular weight is 902 g/mol. The smallest absolute Gasteiger partial charge is 0.392 e. The van der Waals surface area contributed by atoms with E-state index in [9.17, 15) is 28.1 Å². The summed E-state index contributed by atoms with van der Waals surface area (Å²) in [5, 5.41) is 18.2. The third-order valence-corrected chi connectivity index (χ3v) is 15.9. The first-order chi connectivity index (χ1) is 30.7. The summed E-state index contributed by atoms with van der Waals surface area (Å²) in [5.74, 6) is -0.340. The number of aromatic nitrogens is 2. The Morgan fingerprint density at radius 2 is 1.88 bits per heavy atom. The zero-order chi connectivity index (χ0) is 44.8. The number of allylic oxidation sites excluding steroid dienone is 1. The first kappa shape index (κ1) is 44.3. The first-order valence-electron chi connectivity index (χ1n) is 22.7. The van der Waals surface area contributed by atoms with Crippen molar-refractivity contribution in [1.82, 2.24) is 19.6 Å². The summed E-state index contributed by atoms with van der Waals surface area (Å²) in [7, 11) is -0.983. The number of halogens is 3. The molecular weight excluding hydrogens is 844 g/mol. The molecule has 4 heterocycles. The lowest BCUT2D eigenvalue weighted by Gasteiger charge is -2.40. The number of hydrogen-bond donors (Lipinski definition) is 3. The average Bonchev–Trinajstić information content (AvgIpc) is 3.73. The molecule has 0 spiro atoms. The summed E-state index contributed by atoms with van der Waals surface area (Å²) in [4.78, 5) is 39.0. The van der Waals surface area contributed by atoms with E-state index < -0.39 is 33.6 Å². The summed E-state index contributed by atoms with van der Waals surface area (Å²) < 4.78 is 57.0. The van der Waals surface area contributed by atoms with Gasteiger partial charge in [0.05, 0.1) is 22.6 Å². The van der Waals surface area contributed by atoms with Crippen LogP contribution in [0.15, 0.2) is 77.0 Å². The number of H-pyrrole nitrogens is 1. The van der Waals surface area contributed by atoms with Crippen LogP contribution in [0.1, 0.15) is 76.1 Å². The Morgan fingerprint density at radius 3 is 2.61 bits per heavy atom. The van der Waals surface area contributed by atoms with E-state index in [-0.39, 0.29) is 35.3 Å². The molecule has 2 aliphatic heterocycles. The highest BCUT2D eigenvalue weighted by atomic mass is 32.2. The van der Waals surface area contributed by atoms with Gasteiger partial charge in [0, 0.05) is 86.8 Å². The van der Waals surface area contributed by atoms with Gasteiger partial charge in [0.25, 0.3) is 11.6 Å². The number of ether oxygens (including phenoxy) is 2. The van der Waals surface area contributed by atoms with Gasteiger partial charge in [-0.1, -0.05) is 35.7 Å². The lowest BCUT2D eigenvalue weighted by molar-refractivity contribution is -0.384. The van der Waals surface area contributed by atoms with Crippen LogP contribution < -0.4 is 19.7 Å². The molecule has 2 aromatic heterocycles. The van der Waals surface area contributed by atoms with Crippen molar-refractivity contribution in [2.45, 2.75) is 76.8 Å². The monoisotopic (exact) mass is 901 g/mol. The molecule has 3 N–H and O–H groups in total. The molecule has 5 aliphatic rings. The minimum atomic E-state index is -4.12. The Balaban J connectivity index is 0.915. The van der Waals surface area contributed by atoms with E-state index in [1.54, 1.807) is 24.5 Å². The van der Waals surface area contributed by atoms with Gasteiger partial charge < -0.3 is 24.7 Å². The quantitative estimate of drug-likeness (QED) is 0.0518. The minimum Gasteiger partial charge on any atom is -0.455 e. The van der Waals surface area contributed by atoms with Crippen molar-refractivity contribution >= 4 is 50.0 Å². The van der Waals surface area contributed by atoms with Gasteiger partial charge in [-0.3, -0.25) is 24.5 Å². The normalized spacial score (nSPS) is 24.4. The second kappa shape index (κ2) is 18.2. The molecule has 3 unspecified atom stereocenters. The summed E-state index contributed by atoms with van der Waals surface area (Å²) >= 11 is 0. The molecule has 0 radical (unpaired) electrons. The predicted octanol–water partition coefficient (Wildman–Crippen LogP) is 10.4. The van der Waals surface area contributed by atoms with Gasteiger partial charge in [-0.2, -0.15) is 13.2 Å². The van der Waals surface area contributed by atoms with Gasteiger partial charge in [-0.15, -0.1) is 0 Å². The summed E-state index contributed by atoms with van der Waals surface area (Å²) in [6, 6.07) is 14.4. The Hall–Kier alpha value is -4.93. The molecule has 2 aromatic carbocycles. The number of alkyl halides is 3. The van der Waals surface area contributed by atoms with Crippen LogP contribution in [-0.2, 0) is 4.74 Å². The molecular formula is C48H58F3N7O5S. The largest absolute Gasteiger partial charge is 0.455 e. The number of piperazine rings is 1. The number of benzene rings is 2. The number of anilines is 2. The van der Waals surface area contributed by atoms with Gasteiger partial charge in [0.2, 0.25) is 0 Å². The van der Waals surface area contributed by atoms with Crippen LogP contribution in [0, 0.1) is 45.1 Å².